The molecule has 0 spiro atoms. The molecule has 1 aromatic carbocycles. The fourth-order valence-corrected chi connectivity index (χ4v) is 1.20. The summed E-state index contributed by atoms with van der Waals surface area (Å²) >= 11 is 5.78. The van der Waals surface area contributed by atoms with Gasteiger partial charge in [-0.2, -0.15) is 0 Å². The number of hydrogen-bond acceptors (Lipinski definition) is 2. The van der Waals surface area contributed by atoms with Crippen molar-refractivity contribution in [1.29, 1.82) is 0 Å². The van der Waals surface area contributed by atoms with Crippen molar-refractivity contribution in [2.45, 2.75) is 6.92 Å². The number of halogens is 2. The molecule has 0 aliphatic carbocycles. The second-order valence-corrected chi connectivity index (χ2v) is 3.12. The third-order valence-corrected chi connectivity index (χ3v) is 2.21. The van der Waals surface area contributed by atoms with Crippen LogP contribution in [0.5, 0.6) is 0 Å². The number of aliphatic carboxylic acids is 1. The predicted molar refractivity (Wildman–Crippen MR) is 50.2 cm³/mol. The zero-order chi connectivity index (χ0) is 10.7. The fourth-order valence-electron chi connectivity index (χ4n) is 0.983. The van der Waals surface area contributed by atoms with Crippen LogP contribution < -0.4 is 5.11 Å². The highest BCUT2D eigenvalue weighted by atomic mass is 35.5. The molecule has 0 saturated carbocycles. The third kappa shape index (κ3) is 2.33. The van der Waals surface area contributed by atoms with E-state index in [9.17, 15) is 14.3 Å². The minimum absolute atomic E-state index is 0.0656. The maximum atomic E-state index is 13.1. The largest absolute Gasteiger partial charge is 0.545 e. The van der Waals surface area contributed by atoms with Gasteiger partial charge >= 0.3 is 0 Å². The number of rotatable bonds is 2. The molecule has 0 unspecified atom stereocenters. The van der Waals surface area contributed by atoms with Crippen molar-refractivity contribution in [3.05, 3.63) is 40.2 Å². The molecule has 74 valence electrons. The molecule has 0 saturated heterocycles. The minimum Gasteiger partial charge on any atom is -0.545 e. The first-order valence-electron chi connectivity index (χ1n) is 3.86. The Labute approximate surface area is 85.6 Å². The van der Waals surface area contributed by atoms with Gasteiger partial charge in [-0.3, -0.25) is 0 Å². The lowest BCUT2D eigenvalue weighted by Gasteiger charge is -2.03. The van der Waals surface area contributed by atoms with Crippen molar-refractivity contribution in [2.75, 3.05) is 0 Å². The van der Waals surface area contributed by atoms with Crippen molar-refractivity contribution in [1.82, 2.24) is 0 Å². The van der Waals surface area contributed by atoms with E-state index in [-0.39, 0.29) is 10.6 Å². The van der Waals surface area contributed by atoms with Crippen LogP contribution in [0.15, 0.2) is 18.2 Å². The van der Waals surface area contributed by atoms with E-state index < -0.39 is 11.8 Å². The number of carboxylic acid groups (broad SMARTS) is 1. The number of aryl methyl sites for hydroxylation is 1. The van der Waals surface area contributed by atoms with E-state index >= 15 is 0 Å². The van der Waals surface area contributed by atoms with Crippen LogP contribution in [0.3, 0.4) is 0 Å². The van der Waals surface area contributed by atoms with Crippen LogP contribution in [-0.4, -0.2) is 5.97 Å². The molecule has 0 radical (unpaired) electrons. The average molecular weight is 214 g/mol. The quantitative estimate of drug-likeness (QED) is 0.700. The Balaban J connectivity index is 3.19. The van der Waals surface area contributed by atoms with E-state index in [0.29, 0.717) is 5.56 Å². The van der Waals surface area contributed by atoms with Crippen LogP contribution in [0.25, 0.3) is 6.08 Å². The Hall–Kier alpha value is -1.35. The Kier molecular flexibility index (Phi) is 3.25. The molecule has 0 fully saturated rings. The molecule has 1 aromatic rings. The van der Waals surface area contributed by atoms with Crippen molar-refractivity contribution in [2.24, 2.45) is 0 Å². The lowest BCUT2D eigenvalue weighted by molar-refractivity contribution is -0.297. The van der Waals surface area contributed by atoms with Crippen LogP contribution in [0.2, 0.25) is 5.02 Å². The zero-order valence-corrected chi connectivity index (χ0v) is 8.14. The van der Waals surface area contributed by atoms with Gasteiger partial charge in [0.2, 0.25) is 0 Å². The van der Waals surface area contributed by atoms with Crippen LogP contribution in [-0.2, 0) is 4.79 Å². The smallest absolute Gasteiger partial charge is 0.131 e. The second kappa shape index (κ2) is 4.24. The van der Waals surface area contributed by atoms with Crippen molar-refractivity contribution in [3.63, 3.8) is 0 Å². The van der Waals surface area contributed by atoms with Gasteiger partial charge in [0.05, 0.1) is 11.0 Å². The van der Waals surface area contributed by atoms with Crippen LogP contribution in [0.4, 0.5) is 4.39 Å². The van der Waals surface area contributed by atoms with Crippen LogP contribution in [0, 0.1) is 12.7 Å². The van der Waals surface area contributed by atoms with Crippen LogP contribution >= 0.6 is 11.6 Å². The molecular weight excluding hydrogens is 207 g/mol. The Bertz CT molecular complexity index is 399. The summed E-state index contributed by atoms with van der Waals surface area (Å²) in [6.07, 6.45) is 1.82. The summed E-state index contributed by atoms with van der Waals surface area (Å²) in [7, 11) is 0. The fraction of sp³-hybridized carbons (Fsp3) is 0.100. The van der Waals surface area contributed by atoms with E-state index in [1.165, 1.54) is 12.1 Å². The standard InChI is InChI=1S/C10H8ClFO2/c1-6-2-4-8(12)7(10(6)11)3-5-9(13)14/h2-5H,1H3,(H,13,14)/p-1/b5-3+. The van der Waals surface area contributed by atoms with Gasteiger partial charge in [0.15, 0.2) is 0 Å². The Morgan fingerprint density at radius 3 is 2.79 bits per heavy atom. The van der Waals surface area contributed by atoms with Gasteiger partial charge in [0, 0.05) is 5.56 Å². The van der Waals surface area contributed by atoms with Crippen LogP contribution in [0.1, 0.15) is 11.1 Å². The van der Waals surface area contributed by atoms with Gasteiger partial charge in [0.1, 0.15) is 5.82 Å². The van der Waals surface area contributed by atoms with Crippen molar-refractivity contribution < 1.29 is 14.3 Å². The molecule has 0 aliphatic rings. The average Bonchev–Trinajstić information content (AvgIpc) is 2.11. The Morgan fingerprint density at radius 2 is 2.21 bits per heavy atom. The van der Waals surface area contributed by atoms with Crippen molar-refractivity contribution >= 4 is 23.6 Å². The molecule has 2 nitrogen and oxygen atoms in total. The molecule has 0 N–H and O–H groups in total. The summed E-state index contributed by atoms with van der Waals surface area (Å²) in [6.45, 7) is 1.71. The number of carbonyl (C=O) groups excluding carboxylic acids is 1. The summed E-state index contributed by atoms with van der Waals surface area (Å²) in [5, 5.41) is 10.3. The Morgan fingerprint density at radius 1 is 1.57 bits per heavy atom. The summed E-state index contributed by atoms with van der Waals surface area (Å²) in [5.41, 5.74) is 0.752. The van der Waals surface area contributed by atoms with Gasteiger partial charge < -0.3 is 9.90 Å². The molecule has 0 atom stereocenters. The second-order valence-electron chi connectivity index (χ2n) is 2.74. The number of hydrogen-bond donors (Lipinski definition) is 0. The SMILES string of the molecule is Cc1ccc(F)c(/C=C/C(=O)[O-])c1Cl. The zero-order valence-electron chi connectivity index (χ0n) is 7.38. The summed E-state index contributed by atoms with van der Waals surface area (Å²) in [4.78, 5) is 10.1. The first-order valence-corrected chi connectivity index (χ1v) is 4.24. The topological polar surface area (TPSA) is 40.1 Å². The highest BCUT2D eigenvalue weighted by Crippen LogP contribution is 2.24. The summed E-state index contributed by atoms with van der Waals surface area (Å²) in [6, 6.07) is 2.75. The molecule has 14 heavy (non-hydrogen) atoms. The minimum atomic E-state index is -1.39. The lowest BCUT2D eigenvalue weighted by atomic mass is 10.1. The van der Waals surface area contributed by atoms with Gasteiger partial charge in [0.25, 0.3) is 0 Å². The lowest BCUT2D eigenvalue weighted by Crippen LogP contribution is -2.18. The molecule has 0 aliphatic heterocycles. The molecule has 0 heterocycles. The van der Waals surface area contributed by atoms with Crippen molar-refractivity contribution in [3.8, 4) is 0 Å². The number of carboxylic acids is 1. The first-order chi connectivity index (χ1) is 6.52. The summed E-state index contributed by atoms with van der Waals surface area (Å²) in [5.74, 6) is -1.94. The van der Waals surface area contributed by atoms with Gasteiger partial charge in [-0.25, -0.2) is 4.39 Å². The first kappa shape index (κ1) is 10.7. The molecule has 0 aromatic heterocycles. The van der Waals surface area contributed by atoms with Gasteiger partial charge in [-0.05, 0) is 30.7 Å². The molecule has 1 rings (SSSR count). The normalized spacial score (nSPS) is 10.8. The van der Waals surface area contributed by atoms with Gasteiger partial charge in [-0.1, -0.05) is 17.7 Å². The predicted octanol–water partition coefficient (Wildman–Crippen LogP) is 1.55. The number of carbonyl (C=O) groups is 1. The highest BCUT2D eigenvalue weighted by molar-refractivity contribution is 6.32. The van der Waals surface area contributed by atoms with E-state index in [1.54, 1.807) is 6.92 Å². The van der Waals surface area contributed by atoms with E-state index in [1.807, 2.05) is 0 Å². The van der Waals surface area contributed by atoms with E-state index in [4.69, 9.17) is 11.6 Å². The third-order valence-electron chi connectivity index (χ3n) is 1.71. The maximum absolute atomic E-state index is 13.1. The van der Waals surface area contributed by atoms with E-state index in [2.05, 4.69) is 0 Å². The molecule has 0 amide bonds. The summed E-state index contributed by atoms with van der Waals surface area (Å²) < 4.78 is 13.1. The van der Waals surface area contributed by atoms with E-state index in [0.717, 1.165) is 12.2 Å². The number of benzene rings is 1. The molecule has 0 bridgehead atoms. The van der Waals surface area contributed by atoms with Gasteiger partial charge in [-0.15, -0.1) is 0 Å². The molecular formula is C10H7ClFO2-. The molecule has 4 heteroatoms. The highest BCUT2D eigenvalue weighted by Gasteiger charge is 2.05. The monoisotopic (exact) mass is 213 g/mol. The maximum Gasteiger partial charge on any atom is 0.131 e.